The van der Waals surface area contributed by atoms with Gasteiger partial charge in [-0.2, -0.15) is 0 Å². The van der Waals surface area contributed by atoms with Gasteiger partial charge in [0, 0.05) is 13.0 Å². The van der Waals surface area contributed by atoms with Crippen molar-refractivity contribution in [3.05, 3.63) is 0 Å². The molecular formula is C12H18N2O3. The molecule has 17 heavy (non-hydrogen) atoms. The molecule has 0 bridgehead atoms. The Morgan fingerprint density at radius 1 is 1.29 bits per heavy atom. The third-order valence-corrected chi connectivity index (χ3v) is 3.38. The molecule has 0 unspecified atom stereocenters. The molecule has 1 N–H and O–H groups in total. The van der Waals surface area contributed by atoms with Crippen LogP contribution in [0.5, 0.6) is 0 Å². The number of nitrogens with zero attached hydrogens (tertiary/aromatic N) is 1. The van der Waals surface area contributed by atoms with Gasteiger partial charge in [-0.3, -0.25) is 9.59 Å². The first-order valence-corrected chi connectivity index (χ1v) is 6.22. The lowest BCUT2D eigenvalue weighted by Crippen LogP contribution is -2.43. The van der Waals surface area contributed by atoms with E-state index < -0.39 is 0 Å². The molecule has 0 radical (unpaired) electrons. The highest BCUT2D eigenvalue weighted by atomic mass is 16.2. The van der Waals surface area contributed by atoms with Crippen molar-refractivity contribution in [2.45, 2.75) is 38.1 Å². The Hall–Kier alpha value is -1.39. The number of carbonyl (C=O) groups excluding carboxylic acids is 3. The van der Waals surface area contributed by atoms with Crippen LogP contribution >= 0.6 is 0 Å². The van der Waals surface area contributed by atoms with Crippen LogP contribution in [0.15, 0.2) is 0 Å². The standard InChI is InChI=1S/C12H18N2O3/c15-8-10-2-1-5-14(10)12(17)7-13-11(16)6-9-3-4-9/h8-10H,1-7H2,(H,13,16)/t10-/m0/s1. The molecule has 2 fully saturated rings. The number of rotatable bonds is 5. The van der Waals surface area contributed by atoms with Gasteiger partial charge in [0.1, 0.15) is 6.29 Å². The van der Waals surface area contributed by atoms with Crippen molar-refractivity contribution in [2.24, 2.45) is 5.92 Å². The highest BCUT2D eigenvalue weighted by Crippen LogP contribution is 2.32. The average Bonchev–Trinajstić information content (AvgIpc) is 2.99. The van der Waals surface area contributed by atoms with Crippen LogP contribution in [-0.2, 0) is 14.4 Å². The number of aldehydes is 1. The van der Waals surface area contributed by atoms with E-state index in [0.29, 0.717) is 18.9 Å². The zero-order valence-corrected chi connectivity index (χ0v) is 9.85. The summed E-state index contributed by atoms with van der Waals surface area (Å²) in [5.74, 6) is 0.325. The van der Waals surface area contributed by atoms with Gasteiger partial charge in [0.15, 0.2) is 0 Å². The molecule has 1 aliphatic heterocycles. The van der Waals surface area contributed by atoms with Gasteiger partial charge in [0.05, 0.1) is 12.6 Å². The summed E-state index contributed by atoms with van der Waals surface area (Å²) < 4.78 is 0. The van der Waals surface area contributed by atoms with Crippen molar-refractivity contribution in [1.29, 1.82) is 0 Å². The largest absolute Gasteiger partial charge is 0.347 e. The molecule has 0 spiro atoms. The lowest BCUT2D eigenvalue weighted by Gasteiger charge is -2.20. The second-order valence-corrected chi connectivity index (χ2v) is 4.86. The number of amides is 2. The maximum atomic E-state index is 11.8. The number of nitrogens with one attached hydrogen (secondary N) is 1. The van der Waals surface area contributed by atoms with Gasteiger partial charge in [-0.25, -0.2) is 0 Å². The minimum Gasteiger partial charge on any atom is -0.347 e. The van der Waals surface area contributed by atoms with E-state index in [1.54, 1.807) is 4.90 Å². The topological polar surface area (TPSA) is 66.5 Å². The van der Waals surface area contributed by atoms with Crippen LogP contribution < -0.4 is 5.32 Å². The molecule has 5 nitrogen and oxygen atoms in total. The van der Waals surface area contributed by atoms with Crippen molar-refractivity contribution >= 4 is 18.1 Å². The lowest BCUT2D eigenvalue weighted by molar-refractivity contribution is -0.135. The van der Waals surface area contributed by atoms with Crippen LogP contribution in [0.4, 0.5) is 0 Å². The van der Waals surface area contributed by atoms with E-state index in [0.717, 1.165) is 32.0 Å². The van der Waals surface area contributed by atoms with Crippen molar-refractivity contribution in [1.82, 2.24) is 10.2 Å². The number of hydrogen-bond acceptors (Lipinski definition) is 3. The molecule has 94 valence electrons. The fraction of sp³-hybridized carbons (Fsp3) is 0.750. The number of hydrogen-bond donors (Lipinski definition) is 1. The Bertz CT molecular complexity index is 326. The predicted octanol–water partition coefficient (Wildman–Crippen LogP) is 0.0926. The minimum absolute atomic E-state index is 0.0237. The highest BCUT2D eigenvalue weighted by Gasteiger charge is 2.29. The average molecular weight is 238 g/mol. The smallest absolute Gasteiger partial charge is 0.242 e. The van der Waals surface area contributed by atoms with Crippen LogP contribution in [0.2, 0.25) is 0 Å². The van der Waals surface area contributed by atoms with Crippen LogP contribution in [0.25, 0.3) is 0 Å². The molecule has 2 rings (SSSR count). The normalized spacial score (nSPS) is 23.5. The molecule has 0 aromatic rings. The summed E-state index contributed by atoms with van der Waals surface area (Å²) in [6.07, 6.45) is 5.21. The lowest BCUT2D eigenvalue weighted by atomic mass is 10.2. The van der Waals surface area contributed by atoms with Gasteiger partial charge < -0.3 is 15.0 Å². The molecule has 0 aromatic carbocycles. The van der Waals surface area contributed by atoms with Gasteiger partial charge >= 0.3 is 0 Å². The molecular weight excluding hydrogens is 220 g/mol. The van der Waals surface area contributed by atoms with Crippen molar-refractivity contribution < 1.29 is 14.4 Å². The third-order valence-electron chi connectivity index (χ3n) is 3.38. The summed E-state index contributed by atoms with van der Waals surface area (Å²) in [7, 11) is 0. The summed E-state index contributed by atoms with van der Waals surface area (Å²) in [6.45, 7) is 0.649. The fourth-order valence-corrected chi connectivity index (χ4v) is 2.18. The second kappa shape index (κ2) is 5.29. The van der Waals surface area contributed by atoms with Crippen molar-refractivity contribution in [2.75, 3.05) is 13.1 Å². The summed E-state index contributed by atoms with van der Waals surface area (Å²) in [5.41, 5.74) is 0. The summed E-state index contributed by atoms with van der Waals surface area (Å²) in [4.78, 5) is 35.5. The van der Waals surface area contributed by atoms with Crippen LogP contribution in [0.3, 0.4) is 0 Å². The Morgan fingerprint density at radius 3 is 2.71 bits per heavy atom. The van der Waals surface area contributed by atoms with Gasteiger partial charge in [-0.15, -0.1) is 0 Å². The molecule has 2 aliphatic rings. The Labute approximate surface area is 101 Å². The van der Waals surface area contributed by atoms with Crippen LogP contribution in [0, 0.1) is 5.92 Å². The molecule has 1 aliphatic carbocycles. The summed E-state index contributed by atoms with van der Waals surface area (Å²) >= 11 is 0. The molecule has 5 heteroatoms. The first-order valence-electron chi connectivity index (χ1n) is 6.22. The third kappa shape index (κ3) is 3.28. The molecule has 1 atom stereocenters. The summed E-state index contributed by atoms with van der Waals surface area (Å²) in [5, 5.41) is 2.63. The van der Waals surface area contributed by atoms with E-state index >= 15 is 0 Å². The maximum absolute atomic E-state index is 11.8. The van der Waals surface area contributed by atoms with E-state index in [4.69, 9.17) is 0 Å². The first-order chi connectivity index (χ1) is 8.20. The first kappa shape index (κ1) is 12.1. The Balaban J connectivity index is 1.72. The molecule has 2 amide bonds. The SMILES string of the molecule is O=C[C@@H]1CCCN1C(=O)CNC(=O)CC1CC1. The minimum atomic E-state index is -0.289. The van der Waals surface area contributed by atoms with Gasteiger partial charge in [0.25, 0.3) is 0 Å². The van der Waals surface area contributed by atoms with Crippen LogP contribution in [0.1, 0.15) is 32.1 Å². The molecule has 1 saturated carbocycles. The van der Waals surface area contributed by atoms with E-state index in [1.165, 1.54) is 0 Å². The van der Waals surface area contributed by atoms with Crippen molar-refractivity contribution in [3.8, 4) is 0 Å². The van der Waals surface area contributed by atoms with E-state index in [-0.39, 0.29) is 24.4 Å². The predicted molar refractivity (Wildman–Crippen MR) is 61.1 cm³/mol. The fourth-order valence-electron chi connectivity index (χ4n) is 2.18. The van der Waals surface area contributed by atoms with Gasteiger partial charge in [-0.05, 0) is 31.6 Å². The summed E-state index contributed by atoms with van der Waals surface area (Å²) in [6, 6.07) is -0.289. The molecule has 0 aromatic heterocycles. The monoisotopic (exact) mass is 238 g/mol. The van der Waals surface area contributed by atoms with Crippen molar-refractivity contribution in [3.63, 3.8) is 0 Å². The highest BCUT2D eigenvalue weighted by molar-refractivity contribution is 5.86. The maximum Gasteiger partial charge on any atom is 0.242 e. The van der Waals surface area contributed by atoms with E-state index in [9.17, 15) is 14.4 Å². The second-order valence-electron chi connectivity index (χ2n) is 4.86. The number of likely N-dealkylation sites (tertiary alicyclic amines) is 1. The Kier molecular flexibility index (Phi) is 3.76. The quantitative estimate of drug-likeness (QED) is 0.690. The Morgan fingerprint density at radius 2 is 2.06 bits per heavy atom. The zero-order chi connectivity index (χ0) is 12.3. The van der Waals surface area contributed by atoms with E-state index in [1.807, 2.05) is 0 Å². The van der Waals surface area contributed by atoms with Gasteiger partial charge in [0.2, 0.25) is 11.8 Å². The number of carbonyl (C=O) groups is 3. The zero-order valence-electron chi connectivity index (χ0n) is 9.85. The van der Waals surface area contributed by atoms with Gasteiger partial charge in [-0.1, -0.05) is 0 Å². The molecule has 1 heterocycles. The van der Waals surface area contributed by atoms with E-state index in [2.05, 4.69) is 5.32 Å². The van der Waals surface area contributed by atoms with Crippen LogP contribution in [-0.4, -0.2) is 42.1 Å². The molecule has 1 saturated heterocycles.